The molecule has 2 aromatic rings. The summed E-state index contributed by atoms with van der Waals surface area (Å²) in [7, 11) is 0. The molecule has 1 unspecified atom stereocenters. The first kappa shape index (κ1) is 9.88. The molecule has 2 rings (SSSR count). The average molecular weight is 209 g/mol. The number of hydrogen-bond acceptors (Lipinski definition) is 6. The second-order valence-corrected chi connectivity index (χ2v) is 3.01. The van der Waals surface area contributed by atoms with E-state index in [2.05, 4.69) is 20.0 Å². The summed E-state index contributed by atoms with van der Waals surface area (Å²) in [4.78, 5) is 3.83. The molecule has 0 amide bonds. The number of rotatable bonds is 5. The molecule has 1 atom stereocenters. The van der Waals surface area contributed by atoms with E-state index in [0.717, 1.165) is 0 Å². The molecular weight excluding hydrogens is 198 g/mol. The summed E-state index contributed by atoms with van der Waals surface area (Å²) in [5.41, 5.74) is 0. The minimum atomic E-state index is -0.660. The summed E-state index contributed by atoms with van der Waals surface area (Å²) in [6.07, 6.45) is 2.13. The van der Waals surface area contributed by atoms with E-state index in [1.807, 2.05) is 0 Å². The number of aliphatic hydroxyl groups excluding tert-OH is 1. The fourth-order valence-corrected chi connectivity index (χ4v) is 1.17. The van der Waals surface area contributed by atoms with Gasteiger partial charge in [-0.2, -0.15) is 4.98 Å². The van der Waals surface area contributed by atoms with Gasteiger partial charge in [0.05, 0.1) is 12.8 Å². The van der Waals surface area contributed by atoms with Crippen LogP contribution in [0.4, 0.5) is 0 Å². The number of nitrogens with zero attached hydrogens (tertiary/aromatic N) is 2. The molecular formula is C9H11N3O3. The second kappa shape index (κ2) is 4.72. The van der Waals surface area contributed by atoms with E-state index in [4.69, 9.17) is 4.42 Å². The first-order chi connectivity index (χ1) is 7.36. The smallest absolute Gasteiger partial charge is 0.213 e. The molecule has 6 nitrogen and oxygen atoms in total. The van der Waals surface area contributed by atoms with Crippen LogP contribution >= 0.6 is 0 Å². The Morgan fingerprint density at radius 1 is 1.53 bits per heavy atom. The van der Waals surface area contributed by atoms with Gasteiger partial charge in [0.25, 0.3) is 0 Å². The summed E-state index contributed by atoms with van der Waals surface area (Å²) < 4.78 is 9.61. The maximum atomic E-state index is 9.62. The Bertz CT molecular complexity index is 371. The molecule has 0 fully saturated rings. The van der Waals surface area contributed by atoms with Crippen molar-refractivity contribution >= 4 is 0 Å². The maximum absolute atomic E-state index is 9.62. The van der Waals surface area contributed by atoms with E-state index in [9.17, 15) is 5.11 Å². The lowest BCUT2D eigenvalue weighted by Gasteiger charge is -2.07. The Morgan fingerprint density at radius 3 is 3.13 bits per heavy atom. The fourth-order valence-electron chi connectivity index (χ4n) is 1.17. The third-order valence-electron chi connectivity index (χ3n) is 1.90. The van der Waals surface area contributed by atoms with E-state index in [1.165, 1.54) is 12.7 Å². The Balaban J connectivity index is 1.74. The summed E-state index contributed by atoms with van der Waals surface area (Å²) in [6, 6.07) is 3.46. The highest BCUT2D eigenvalue weighted by Gasteiger charge is 2.09. The lowest BCUT2D eigenvalue weighted by atomic mass is 10.3. The van der Waals surface area contributed by atoms with Gasteiger partial charge in [-0.05, 0) is 12.1 Å². The zero-order valence-electron chi connectivity index (χ0n) is 7.96. The summed E-state index contributed by atoms with van der Waals surface area (Å²) in [5.74, 6) is 1.09. The van der Waals surface area contributed by atoms with Gasteiger partial charge in [-0.15, -0.1) is 0 Å². The van der Waals surface area contributed by atoms with Crippen molar-refractivity contribution < 1.29 is 14.0 Å². The van der Waals surface area contributed by atoms with Crippen LogP contribution < -0.4 is 5.32 Å². The van der Waals surface area contributed by atoms with Crippen LogP contribution in [0.3, 0.4) is 0 Å². The minimum Gasteiger partial charge on any atom is -0.467 e. The van der Waals surface area contributed by atoms with Crippen LogP contribution in [0.1, 0.15) is 17.7 Å². The Labute approximate surface area is 85.9 Å². The molecule has 0 radical (unpaired) electrons. The van der Waals surface area contributed by atoms with E-state index in [-0.39, 0.29) is 0 Å². The SMILES string of the molecule is OC(CNCc1ncon1)c1ccco1. The van der Waals surface area contributed by atoms with Gasteiger partial charge in [-0.3, -0.25) is 0 Å². The number of hydrogen-bond donors (Lipinski definition) is 2. The van der Waals surface area contributed by atoms with Crippen LogP contribution in [-0.2, 0) is 6.54 Å². The molecule has 80 valence electrons. The zero-order chi connectivity index (χ0) is 10.5. The van der Waals surface area contributed by atoms with E-state index in [0.29, 0.717) is 24.7 Å². The molecule has 2 N–H and O–H groups in total. The van der Waals surface area contributed by atoms with Gasteiger partial charge in [-0.1, -0.05) is 5.16 Å². The molecule has 0 aliphatic heterocycles. The first-order valence-corrected chi connectivity index (χ1v) is 4.53. The molecule has 15 heavy (non-hydrogen) atoms. The summed E-state index contributed by atoms with van der Waals surface area (Å²) in [5, 5.41) is 16.2. The minimum absolute atomic E-state index is 0.377. The fraction of sp³-hybridized carbons (Fsp3) is 0.333. The van der Waals surface area contributed by atoms with Crippen LogP contribution in [0.15, 0.2) is 33.7 Å². The highest BCUT2D eigenvalue weighted by atomic mass is 16.5. The maximum Gasteiger partial charge on any atom is 0.213 e. The quantitative estimate of drug-likeness (QED) is 0.745. The molecule has 0 aliphatic carbocycles. The molecule has 0 aromatic carbocycles. The predicted molar refractivity (Wildman–Crippen MR) is 49.7 cm³/mol. The standard InChI is InChI=1S/C9H11N3O3/c13-7(8-2-1-3-14-8)4-10-5-9-11-6-15-12-9/h1-3,6-7,10,13H,4-5H2. The molecule has 0 spiro atoms. The lowest BCUT2D eigenvalue weighted by molar-refractivity contribution is 0.147. The monoisotopic (exact) mass is 209 g/mol. The van der Waals surface area contributed by atoms with Gasteiger partial charge in [0, 0.05) is 6.54 Å². The van der Waals surface area contributed by atoms with Crippen molar-refractivity contribution in [3.63, 3.8) is 0 Å². The number of aliphatic hydroxyl groups is 1. The molecule has 2 heterocycles. The molecule has 0 saturated carbocycles. The Hall–Kier alpha value is -1.66. The van der Waals surface area contributed by atoms with Gasteiger partial charge in [-0.25, -0.2) is 0 Å². The summed E-state index contributed by atoms with van der Waals surface area (Å²) in [6.45, 7) is 0.830. The van der Waals surface area contributed by atoms with Crippen molar-refractivity contribution in [2.24, 2.45) is 0 Å². The molecule has 2 aromatic heterocycles. The number of nitrogens with one attached hydrogen (secondary N) is 1. The van der Waals surface area contributed by atoms with Gasteiger partial charge in [0.15, 0.2) is 5.82 Å². The van der Waals surface area contributed by atoms with Crippen molar-refractivity contribution in [3.05, 3.63) is 36.4 Å². The van der Waals surface area contributed by atoms with E-state index < -0.39 is 6.10 Å². The van der Waals surface area contributed by atoms with Crippen LogP contribution in [0.2, 0.25) is 0 Å². The number of furan rings is 1. The first-order valence-electron chi connectivity index (χ1n) is 4.53. The van der Waals surface area contributed by atoms with E-state index >= 15 is 0 Å². The van der Waals surface area contributed by atoms with Crippen LogP contribution in [-0.4, -0.2) is 21.8 Å². The topological polar surface area (TPSA) is 84.3 Å². The van der Waals surface area contributed by atoms with Crippen LogP contribution in [0, 0.1) is 0 Å². The lowest BCUT2D eigenvalue weighted by Crippen LogP contribution is -2.21. The second-order valence-electron chi connectivity index (χ2n) is 3.01. The average Bonchev–Trinajstić information content (AvgIpc) is 2.90. The van der Waals surface area contributed by atoms with Crippen molar-refractivity contribution in [3.8, 4) is 0 Å². The predicted octanol–water partition coefficient (Wildman–Crippen LogP) is 0.486. The summed E-state index contributed by atoms with van der Waals surface area (Å²) >= 11 is 0. The normalized spacial score (nSPS) is 12.9. The third kappa shape index (κ3) is 2.64. The zero-order valence-corrected chi connectivity index (χ0v) is 7.96. The molecule has 0 bridgehead atoms. The van der Waals surface area contributed by atoms with Crippen molar-refractivity contribution in [1.82, 2.24) is 15.5 Å². The highest BCUT2D eigenvalue weighted by molar-refractivity contribution is 5.02. The number of aromatic nitrogens is 2. The molecule has 0 aliphatic rings. The Kier molecular flexibility index (Phi) is 3.11. The van der Waals surface area contributed by atoms with Gasteiger partial charge in [0.1, 0.15) is 11.9 Å². The third-order valence-corrected chi connectivity index (χ3v) is 1.90. The van der Waals surface area contributed by atoms with Crippen LogP contribution in [0.5, 0.6) is 0 Å². The molecule has 0 saturated heterocycles. The van der Waals surface area contributed by atoms with Gasteiger partial charge >= 0.3 is 0 Å². The van der Waals surface area contributed by atoms with Crippen molar-refractivity contribution in [1.29, 1.82) is 0 Å². The van der Waals surface area contributed by atoms with E-state index in [1.54, 1.807) is 12.1 Å². The largest absolute Gasteiger partial charge is 0.467 e. The van der Waals surface area contributed by atoms with Crippen molar-refractivity contribution in [2.45, 2.75) is 12.6 Å². The van der Waals surface area contributed by atoms with Crippen LogP contribution in [0.25, 0.3) is 0 Å². The van der Waals surface area contributed by atoms with Gasteiger partial charge < -0.3 is 19.4 Å². The van der Waals surface area contributed by atoms with Gasteiger partial charge in [0.2, 0.25) is 6.39 Å². The Morgan fingerprint density at radius 2 is 2.47 bits per heavy atom. The highest BCUT2D eigenvalue weighted by Crippen LogP contribution is 2.11. The van der Waals surface area contributed by atoms with Crippen molar-refractivity contribution in [2.75, 3.05) is 6.54 Å². The molecule has 6 heteroatoms.